The topological polar surface area (TPSA) is 21.6 Å². The molecule has 0 unspecified atom stereocenters. The van der Waals surface area contributed by atoms with Crippen LogP contribution in [0.1, 0.15) is 6.92 Å². The van der Waals surface area contributed by atoms with Crippen LogP contribution in [0.15, 0.2) is 33.6 Å². The number of methoxy groups -OCH3 is 1. The molecule has 0 fully saturated rings. The summed E-state index contributed by atoms with van der Waals surface area (Å²) in [4.78, 5) is 1.12. The van der Waals surface area contributed by atoms with E-state index in [9.17, 15) is 0 Å². The fourth-order valence-corrected chi connectivity index (χ4v) is 1.24. The van der Waals surface area contributed by atoms with Gasteiger partial charge in [0.15, 0.2) is 0 Å². The number of rotatable bonds is 3. The molecular weight excluding hydrogens is 170 g/mol. The summed E-state index contributed by atoms with van der Waals surface area (Å²) in [6.45, 7) is 1.90. The summed E-state index contributed by atoms with van der Waals surface area (Å²) in [5.41, 5.74) is 0. The Balaban J connectivity index is 2.64. The predicted octanol–water partition coefficient (Wildman–Crippen LogP) is 2.79. The van der Waals surface area contributed by atoms with Gasteiger partial charge in [-0.15, -0.1) is 0 Å². The zero-order chi connectivity index (χ0) is 8.81. The van der Waals surface area contributed by atoms with E-state index >= 15 is 0 Å². The summed E-state index contributed by atoms with van der Waals surface area (Å²) in [5.74, 6) is 0.875. The minimum absolute atomic E-state index is 0.875. The molecule has 0 saturated heterocycles. The second-order valence-corrected chi connectivity index (χ2v) is 3.00. The average molecular weight is 181 g/mol. The van der Waals surface area contributed by atoms with Crippen molar-refractivity contribution in [3.63, 3.8) is 0 Å². The van der Waals surface area contributed by atoms with E-state index in [0.29, 0.717) is 0 Å². The van der Waals surface area contributed by atoms with Gasteiger partial charge in [0.05, 0.1) is 7.11 Å². The van der Waals surface area contributed by atoms with Crippen LogP contribution >= 0.6 is 11.9 Å². The first-order valence-corrected chi connectivity index (χ1v) is 4.43. The smallest absolute Gasteiger partial charge is 0.118 e. The van der Waals surface area contributed by atoms with Crippen molar-refractivity contribution in [2.45, 2.75) is 11.8 Å². The highest BCUT2D eigenvalue weighted by Crippen LogP contribution is 2.21. The Morgan fingerprint density at radius 1 is 1.33 bits per heavy atom. The Kier molecular flexibility index (Phi) is 3.67. The Hall–Kier alpha value is -0.960. The van der Waals surface area contributed by atoms with E-state index in [1.54, 1.807) is 13.3 Å². The van der Waals surface area contributed by atoms with Gasteiger partial charge in [-0.3, -0.25) is 0 Å². The number of nitrogens with zero attached hydrogens (tertiary/aromatic N) is 1. The third kappa shape index (κ3) is 2.58. The van der Waals surface area contributed by atoms with Crippen molar-refractivity contribution in [1.29, 1.82) is 0 Å². The summed E-state index contributed by atoms with van der Waals surface area (Å²) in [5, 5.41) is 0. The molecular formula is C9H11NOS. The van der Waals surface area contributed by atoms with Gasteiger partial charge in [0.1, 0.15) is 5.75 Å². The van der Waals surface area contributed by atoms with Crippen molar-refractivity contribution in [3.05, 3.63) is 24.3 Å². The Morgan fingerprint density at radius 2 is 2.00 bits per heavy atom. The molecule has 0 atom stereocenters. The predicted molar refractivity (Wildman–Crippen MR) is 53.0 cm³/mol. The zero-order valence-electron chi connectivity index (χ0n) is 7.15. The third-order valence-electron chi connectivity index (χ3n) is 1.32. The maximum Gasteiger partial charge on any atom is 0.118 e. The molecule has 0 heterocycles. The standard InChI is InChI=1S/C9H11NOS/c1-3-10-12-9-6-4-8(11-2)5-7-9/h3-7H,1-2H3/b10-3+. The lowest BCUT2D eigenvalue weighted by Crippen LogP contribution is -1.80. The summed E-state index contributed by atoms with van der Waals surface area (Å²) in [6.07, 6.45) is 1.77. The third-order valence-corrected chi connectivity index (χ3v) is 2.12. The maximum absolute atomic E-state index is 5.03. The van der Waals surface area contributed by atoms with Crippen LogP contribution in [0, 0.1) is 0 Å². The van der Waals surface area contributed by atoms with Crippen LogP contribution in [0.4, 0.5) is 0 Å². The van der Waals surface area contributed by atoms with Crippen LogP contribution in [0.5, 0.6) is 5.75 Å². The first kappa shape index (κ1) is 9.13. The van der Waals surface area contributed by atoms with Gasteiger partial charge < -0.3 is 4.74 Å². The summed E-state index contributed by atoms with van der Waals surface area (Å²) < 4.78 is 9.07. The molecule has 3 heteroatoms. The summed E-state index contributed by atoms with van der Waals surface area (Å²) in [6, 6.07) is 7.81. The molecule has 0 bridgehead atoms. The van der Waals surface area contributed by atoms with Crippen molar-refractivity contribution >= 4 is 18.2 Å². The normalized spacial score (nSPS) is 10.5. The van der Waals surface area contributed by atoms with Gasteiger partial charge in [-0.1, -0.05) is 0 Å². The Morgan fingerprint density at radius 3 is 2.50 bits per heavy atom. The van der Waals surface area contributed by atoms with E-state index < -0.39 is 0 Å². The van der Waals surface area contributed by atoms with Crippen LogP contribution in [0.3, 0.4) is 0 Å². The van der Waals surface area contributed by atoms with Crippen molar-refractivity contribution in [2.75, 3.05) is 7.11 Å². The van der Waals surface area contributed by atoms with E-state index in [2.05, 4.69) is 4.40 Å². The fraction of sp³-hybridized carbons (Fsp3) is 0.222. The first-order chi connectivity index (χ1) is 5.86. The lowest BCUT2D eigenvalue weighted by Gasteiger charge is -1.98. The molecule has 1 rings (SSSR count). The van der Waals surface area contributed by atoms with Crippen molar-refractivity contribution in [3.8, 4) is 5.75 Å². The quantitative estimate of drug-likeness (QED) is 0.528. The molecule has 0 aliphatic rings. The number of hydrogen-bond donors (Lipinski definition) is 0. The number of ether oxygens (including phenoxy) is 1. The van der Waals surface area contributed by atoms with Crippen LogP contribution in [-0.2, 0) is 0 Å². The Bertz CT molecular complexity index is 256. The minimum Gasteiger partial charge on any atom is -0.497 e. The molecule has 0 spiro atoms. The van der Waals surface area contributed by atoms with Gasteiger partial charge in [0.25, 0.3) is 0 Å². The largest absolute Gasteiger partial charge is 0.497 e. The fourth-order valence-electron chi connectivity index (χ4n) is 0.750. The van der Waals surface area contributed by atoms with Crippen LogP contribution in [0.2, 0.25) is 0 Å². The molecule has 12 heavy (non-hydrogen) atoms. The lowest BCUT2D eigenvalue weighted by atomic mass is 10.3. The molecule has 0 aliphatic heterocycles. The van der Waals surface area contributed by atoms with Crippen LogP contribution < -0.4 is 4.74 Å². The van der Waals surface area contributed by atoms with Gasteiger partial charge in [0, 0.05) is 23.1 Å². The molecule has 0 radical (unpaired) electrons. The summed E-state index contributed by atoms with van der Waals surface area (Å²) >= 11 is 1.45. The molecule has 0 amide bonds. The van der Waals surface area contributed by atoms with Crippen LogP contribution in [0.25, 0.3) is 0 Å². The molecule has 0 saturated carbocycles. The first-order valence-electron chi connectivity index (χ1n) is 3.66. The Labute approximate surface area is 76.8 Å². The van der Waals surface area contributed by atoms with Crippen molar-refractivity contribution in [1.82, 2.24) is 0 Å². The average Bonchev–Trinajstić information content (AvgIpc) is 2.15. The highest BCUT2D eigenvalue weighted by Gasteiger charge is 1.92. The minimum atomic E-state index is 0.875. The highest BCUT2D eigenvalue weighted by molar-refractivity contribution is 7.98. The number of hydrogen-bond acceptors (Lipinski definition) is 3. The van der Waals surface area contributed by atoms with Gasteiger partial charge in [0.2, 0.25) is 0 Å². The second-order valence-electron chi connectivity index (χ2n) is 2.13. The zero-order valence-corrected chi connectivity index (χ0v) is 7.97. The number of benzene rings is 1. The van der Waals surface area contributed by atoms with E-state index in [4.69, 9.17) is 4.74 Å². The lowest BCUT2D eigenvalue weighted by molar-refractivity contribution is 0.414. The second kappa shape index (κ2) is 4.83. The maximum atomic E-state index is 5.03. The molecule has 1 aromatic rings. The molecule has 64 valence electrons. The van der Waals surface area contributed by atoms with Crippen LogP contribution in [-0.4, -0.2) is 13.3 Å². The van der Waals surface area contributed by atoms with E-state index in [1.807, 2.05) is 31.2 Å². The summed E-state index contributed by atoms with van der Waals surface area (Å²) in [7, 11) is 1.66. The highest BCUT2D eigenvalue weighted by atomic mass is 32.2. The molecule has 0 aromatic heterocycles. The van der Waals surface area contributed by atoms with Gasteiger partial charge in [-0.2, -0.15) is 0 Å². The van der Waals surface area contributed by atoms with Gasteiger partial charge in [-0.25, -0.2) is 4.40 Å². The van der Waals surface area contributed by atoms with Crippen molar-refractivity contribution in [2.24, 2.45) is 4.40 Å². The molecule has 0 N–H and O–H groups in total. The van der Waals surface area contributed by atoms with Crippen molar-refractivity contribution < 1.29 is 4.74 Å². The monoisotopic (exact) mass is 181 g/mol. The van der Waals surface area contributed by atoms with Gasteiger partial charge >= 0.3 is 0 Å². The SMILES string of the molecule is C/C=N/Sc1ccc(OC)cc1. The molecule has 1 aromatic carbocycles. The van der Waals surface area contributed by atoms with E-state index in [-0.39, 0.29) is 0 Å². The molecule has 2 nitrogen and oxygen atoms in total. The van der Waals surface area contributed by atoms with E-state index in [0.717, 1.165) is 10.6 Å². The van der Waals surface area contributed by atoms with Gasteiger partial charge in [-0.05, 0) is 31.2 Å². The van der Waals surface area contributed by atoms with E-state index in [1.165, 1.54) is 11.9 Å². The molecule has 0 aliphatic carbocycles.